The van der Waals surface area contributed by atoms with Crippen LogP contribution in [0.4, 0.5) is 5.69 Å². The average molecular weight is 450 g/mol. The van der Waals surface area contributed by atoms with E-state index in [1.807, 2.05) is 54.6 Å². The second kappa shape index (κ2) is 8.63. The van der Waals surface area contributed by atoms with Gasteiger partial charge >= 0.3 is 0 Å². The van der Waals surface area contributed by atoms with Gasteiger partial charge in [-0.3, -0.25) is 0 Å². The van der Waals surface area contributed by atoms with Gasteiger partial charge in [-0.25, -0.2) is 0 Å². The lowest BCUT2D eigenvalue weighted by Crippen LogP contribution is -2.47. The fourth-order valence-electron chi connectivity index (χ4n) is 4.40. The molecule has 0 bridgehead atoms. The molecule has 0 aromatic heterocycles. The molecular weight excluding hydrogens is 424 g/mol. The van der Waals surface area contributed by atoms with Crippen LogP contribution in [0.25, 0.3) is 0 Å². The molecule has 0 spiro atoms. The molecule has 172 valence electrons. The van der Waals surface area contributed by atoms with Crippen molar-refractivity contribution in [2.75, 3.05) is 26.4 Å². The van der Waals surface area contributed by atoms with Gasteiger partial charge < -0.3 is 34.2 Å². The minimum absolute atomic E-state index is 0.0203. The van der Waals surface area contributed by atoms with Crippen LogP contribution in [0.3, 0.4) is 0 Å². The maximum Gasteiger partial charge on any atom is 0.231 e. The number of ether oxygens (including phenoxy) is 5. The highest BCUT2D eigenvalue weighted by Crippen LogP contribution is 2.51. The smallest absolute Gasteiger partial charge is 0.231 e. The molecule has 0 saturated carbocycles. The predicted octanol–water partition coefficient (Wildman–Crippen LogP) is 4.24. The van der Waals surface area contributed by atoms with E-state index in [4.69, 9.17) is 23.7 Å². The number of phenols is 1. The van der Waals surface area contributed by atoms with Crippen LogP contribution >= 0.6 is 0 Å². The Labute approximate surface area is 192 Å². The number of hydrazine groups is 1. The summed E-state index contributed by atoms with van der Waals surface area (Å²) in [4.78, 5) is 0. The van der Waals surface area contributed by atoms with E-state index in [1.54, 1.807) is 0 Å². The summed E-state index contributed by atoms with van der Waals surface area (Å²) in [6, 6.07) is 17.3. The van der Waals surface area contributed by atoms with Crippen molar-refractivity contribution in [1.82, 2.24) is 5.43 Å². The molecule has 3 N–H and O–H groups in total. The normalized spacial score (nSPS) is 20.5. The molecule has 2 aliphatic rings. The molecule has 0 aliphatic carbocycles. The lowest BCUT2D eigenvalue weighted by molar-refractivity contribution is 0.0862. The minimum Gasteiger partial charge on any atom is -0.502 e. The van der Waals surface area contributed by atoms with Gasteiger partial charge in [0, 0.05) is 29.2 Å². The highest BCUT2D eigenvalue weighted by atomic mass is 16.7. The number of hydrogen-bond acceptors (Lipinski definition) is 8. The summed E-state index contributed by atoms with van der Waals surface area (Å²) in [6.45, 7) is 2.28. The fraction of sp³-hybridized carbons (Fsp3) is 0.280. The molecule has 0 radical (unpaired) electrons. The second-order valence-corrected chi connectivity index (χ2v) is 8.03. The summed E-state index contributed by atoms with van der Waals surface area (Å²) in [7, 11) is 3.04. The van der Waals surface area contributed by atoms with E-state index in [0.717, 1.165) is 16.8 Å². The molecule has 3 aromatic carbocycles. The molecule has 8 heteroatoms. The molecule has 0 fully saturated rings. The molecule has 8 nitrogen and oxygen atoms in total. The Morgan fingerprint density at radius 2 is 1.58 bits per heavy atom. The largest absolute Gasteiger partial charge is 0.502 e. The van der Waals surface area contributed by atoms with Crippen molar-refractivity contribution in [3.8, 4) is 34.5 Å². The third-order valence-corrected chi connectivity index (χ3v) is 6.09. The first-order valence-corrected chi connectivity index (χ1v) is 10.7. The SMILES string of the molecule is COc1cc([C@H]2c3cc4c(cc3O[C@H](NNc3ccccc3)[C@H]2C)OCO4)cc(OC)c1O. The molecule has 0 saturated heterocycles. The number of rotatable bonds is 6. The Hall–Kier alpha value is -3.78. The molecule has 2 aliphatic heterocycles. The highest BCUT2D eigenvalue weighted by molar-refractivity contribution is 5.59. The van der Waals surface area contributed by atoms with Gasteiger partial charge in [-0.05, 0) is 35.9 Å². The molecule has 0 unspecified atom stereocenters. The van der Waals surface area contributed by atoms with E-state index in [-0.39, 0.29) is 30.6 Å². The van der Waals surface area contributed by atoms with Crippen LogP contribution < -0.4 is 34.5 Å². The maximum absolute atomic E-state index is 10.4. The van der Waals surface area contributed by atoms with Crippen LogP contribution in [-0.2, 0) is 0 Å². The van der Waals surface area contributed by atoms with Crippen molar-refractivity contribution in [2.45, 2.75) is 19.1 Å². The standard InChI is InChI=1S/C25H26N2O6/c1-14-23(15-9-21(29-2)24(28)22(10-15)30-3)17-11-19-20(32-13-31-19)12-18(17)33-25(14)27-26-16-7-5-4-6-8-16/h4-12,14,23,25-28H,13H2,1-3H3/t14-,23-,25-/m0/s1. The predicted molar refractivity (Wildman–Crippen MR) is 122 cm³/mol. The Morgan fingerprint density at radius 1 is 0.909 bits per heavy atom. The zero-order valence-electron chi connectivity index (χ0n) is 18.6. The number of methoxy groups -OCH3 is 2. The van der Waals surface area contributed by atoms with Crippen LogP contribution in [0.5, 0.6) is 34.5 Å². The molecule has 3 aromatic rings. The Morgan fingerprint density at radius 3 is 2.24 bits per heavy atom. The number of hydrogen-bond donors (Lipinski definition) is 3. The molecular formula is C25H26N2O6. The van der Waals surface area contributed by atoms with E-state index < -0.39 is 0 Å². The third-order valence-electron chi connectivity index (χ3n) is 6.09. The van der Waals surface area contributed by atoms with Crippen molar-refractivity contribution in [2.24, 2.45) is 5.92 Å². The van der Waals surface area contributed by atoms with Gasteiger partial charge in [-0.15, -0.1) is 0 Å². The maximum atomic E-state index is 10.4. The van der Waals surface area contributed by atoms with Gasteiger partial charge in [0.1, 0.15) is 5.75 Å². The van der Waals surface area contributed by atoms with E-state index in [0.29, 0.717) is 28.7 Å². The Bertz CT molecular complexity index is 1130. The summed E-state index contributed by atoms with van der Waals surface area (Å²) in [5, 5.41) is 10.4. The number of benzene rings is 3. The van der Waals surface area contributed by atoms with E-state index in [2.05, 4.69) is 17.8 Å². The van der Waals surface area contributed by atoms with E-state index >= 15 is 0 Å². The second-order valence-electron chi connectivity index (χ2n) is 8.03. The lowest BCUT2D eigenvalue weighted by atomic mass is 9.78. The number of aromatic hydroxyl groups is 1. The monoisotopic (exact) mass is 450 g/mol. The summed E-state index contributed by atoms with van der Waals surface area (Å²) < 4.78 is 28.4. The number of nitrogens with one attached hydrogen (secondary N) is 2. The molecule has 33 heavy (non-hydrogen) atoms. The van der Waals surface area contributed by atoms with Crippen LogP contribution in [-0.4, -0.2) is 32.3 Å². The van der Waals surface area contributed by atoms with Gasteiger partial charge in [0.15, 0.2) is 29.2 Å². The zero-order valence-corrected chi connectivity index (χ0v) is 18.6. The number of para-hydroxylation sites is 1. The number of anilines is 1. The molecule has 0 amide bonds. The van der Waals surface area contributed by atoms with Crippen molar-refractivity contribution in [1.29, 1.82) is 0 Å². The van der Waals surface area contributed by atoms with Crippen LogP contribution in [0.2, 0.25) is 0 Å². The quantitative estimate of drug-likeness (QED) is 0.481. The van der Waals surface area contributed by atoms with Crippen LogP contribution in [0.15, 0.2) is 54.6 Å². The molecule has 5 rings (SSSR count). The van der Waals surface area contributed by atoms with Crippen LogP contribution in [0.1, 0.15) is 24.0 Å². The number of phenolic OH excluding ortho intramolecular Hbond substituents is 1. The Kier molecular flexibility index (Phi) is 5.51. The first-order valence-electron chi connectivity index (χ1n) is 10.7. The minimum atomic E-state index is -0.367. The van der Waals surface area contributed by atoms with Crippen molar-refractivity contribution < 1.29 is 28.8 Å². The highest BCUT2D eigenvalue weighted by Gasteiger charge is 2.39. The summed E-state index contributed by atoms with van der Waals surface area (Å²) >= 11 is 0. The number of fused-ring (bicyclic) bond motifs is 2. The fourth-order valence-corrected chi connectivity index (χ4v) is 4.40. The summed E-state index contributed by atoms with van der Waals surface area (Å²) in [5.41, 5.74) is 9.35. The third kappa shape index (κ3) is 3.82. The van der Waals surface area contributed by atoms with E-state index in [1.165, 1.54) is 14.2 Å². The summed E-state index contributed by atoms with van der Waals surface area (Å²) in [6.07, 6.45) is -0.367. The van der Waals surface area contributed by atoms with Crippen molar-refractivity contribution >= 4 is 5.69 Å². The van der Waals surface area contributed by atoms with E-state index in [9.17, 15) is 5.11 Å². The van der Waals surface area contributed by atoms with Gasteiger partial charge in [-0.1, -0.05) is 25.1 Å². The zero-order chi connectivity index (χ0) is 22.9. The van der Waals surface area contributed by atoms with Gasteiger partial charge in [0.25, 0.3) is 0 Å². The van der Waals surface area contributed by atoms with Crippen molar-refractivity contribution in [3.63, 3.8) is 0 Å². The van der Waals surface area contributed by atoms with Crippen LogP contribution in [0, 0.1) is 5.92 Å². The first kappa shape index (κ1) is 21.1. The average Bonchev–Trinajstić information content (AvgIpc) is 3.30. The van der Waals surface area contributed by atoms with Gasteiger partial charge in [-0.2, -0.15) is 5.43 Å². The first-order chi connectivity index (χ1) is 16.1. The summed E-state index contributed by atoms with van der Waals surface area (Å²) in [5.74, 6) is 2.55. The topological polar surface area (TPSA) is 90.4 Å². The van der Waals surface area contributed by atoms with Crippen molar-refractivity contribution in [3.05, 3.63) is 65.7 Å². The lowest BCUT2D eigenvalue weighted by Gasteiger charge is -2.39. The molecule has 2 heterocycles. The van der Waals surface area contributed by atoms with Gasteiger partial charge in [0.2, 0.25) is 12.5 Å². The van der Waals surface area contributed by atoms with Gasteiger partial charge in [0.05, 0.1) is 14.2 Å². The Balaban J connectivity index is 1.56. The molecule has 3 atom stereocenters.